The van der Waals surface area contributed by atoms with Crippen molar-refractivity contribution >= 4 is 5.69 Å². The summed E-state index contributed by atoms with van der Waals surface area (Å²) >= 11 is 0. The molecule has 0 aromatic heterocycles. The van der Waals surface area contributed by atoms with Crippen LogP contribution in [-0.2, 0) is 9.47 Å². The van der Waals surface area contributed by atoms with Gasteiger partial charge in [-0.05, 0) is 51.0 Å². The van der Waals surface area contributed by atoms with Gasteiger partial charge >= 0.3 is 0 Å². The van der Waals surface area contributed by atoms with Gasteiger partial charge in [0.15, 0.2) is 0 Å². The van der Waals surface area contributed by atoms with Crippen LogP contribution in [0.4, 0.5) is 5.69 Å². The van der Waals surface area contributed by atoms with Crippen LogP contribution in [0.5, 0.6) is 5.75 Å². The molecule has 1 fully saturated rings. The van der Waals surface area contributed by atoms with Gasteiger partial charge in [0, 0.05) is 25.4 Å². The van der Waals surface area contributed by atoms with Crippen LogP contribution in [0.2, 0.25) is 0 Å². The molecule has 1 heterocycles. The summed E-state index contributed by atoms with van der Waals surface area (Å²) in [5.74, 6) is 0.875. The van der Waals surface area contributed by atoms with Crippen molar-refractivity contribution in [2.45, 2.75) is 38.3 Å². The lowest BCUT2D eigenvalue weighted by Gasteiger charge is -2.36. The molecule has 1 aliphatic heterocycles. The number of benzene rings is 1. The van der Waals surface area contributed by atoms with Crippen molar-refractivity contribution in [3.8, 4) is 5.75 Å². The van der Waals surface area contributed by atoms with E-state index in [1.165, 1.54) is 0 Å². The van der Waals surface area contributed by atoms with E-state index in [1.807, 2.05) is 12.1 Å². The molecular weight excluding hydrogens is 254 g/mol. The van der Waals surface area contributed by atoms with E-state index in [0.29, 0.717) is 19.3 Å². The topological polar surface area (TPSA) is 39.7 Å². The fourth-order valence-electron chi connectivity index (χ4n) is 2.48. The SMILES string of the molecule is COCCOc1ccc(NC2CCOC(C)(C)C2)cc1. The first-order chi connectivity index (χ1) is 9.59. The average molecular weight is 279 g/mol. The standard InChI is InChI=1S/C16H25NO3/c1-16(2)12-14(8-9-20-16)17-13-4-6-15(7-5-13)19-11-10-18-3/h4-7,14,17H,8-12H2,1-3H3. The largest absolute Gasteiger partial charge is 0.491 e. The molecule has 20 heavy (non-hydrogen) atoms. The monoisotopic (exact) mass is 279 g/mol. The molecule has 1 unspecified atom stereocenters. The lowest BCUT2D eigenvalue weighted by molar-refractivity contribution is -0.0553. The maximum absolute atomic E-state index is 5.74. The number of rotatable bonds is 6. The van der Waals surface area contributed by atoms with Gasteiger partial charge in [-0.3, -0.25) is 0 Å². The summed E-state index contributed by atoms with van der Waals surface area (Å²) in [6.45, 7) is 6.30. The Bertz CT molecular complexity index is 403. The summed E-state index contributed by atoms with van der Waals surface area (Å²) in [6, 6.07) is 8.57. The summed E-state index contributed by atoms with van der Waals surface area (Å²) in [5, 5.41) is 3.57. The molecule has 0 radical (unpaired) electrons. The van der Waals surface area contributed by atoms with Crippen LogP contribution >= 0.6 is 0 Å². The Morgan fingerprint density at radius 2 is 2.00 bits per heavy atom. The third-order valence-electron chi connectivity index (χ3n) is 3.48. The summed E-state index contributed by atoms with van der Waals surface area (Å²) in [7, 11) is 1.67. The molecular formula is C16H25NO3. The van der Waals surface area contributed by atoms with Gasteiger partial charge in [0.25, 0.3) is 0 Å². The quantitative estimate of drug-likeness (QED) is 0.812. The van der Waals surface area contributed by atoms with Crippen LogP contribution in [0.3, 0.4) is 0 Å². The molecule has 0 saturated carbocycles. The predicted molar refractivity (Wildman–Crippen MR) is 80.5 cm³/mol. The molecule has 0 spiro atoms. The highest BCUT2D eigenvalue weighted by Crippen LogP contribution is 2.26. The van der Waals surface area contributed by atoms with Crippen molar-refractivity contribution in [1.29, 1.82) is 0 Å². The van der Waals surface area contributed by atoms with Gasteiger partial charge in [-0.15, -0.1) is 0 Å². The van der Waals surface area contributed by atoms with E-state index in [1.54, 1.807) is 7.11 Å². The molecule has 0 aliphatic carbocycles. The minimum atomic E-state index is -0.0286. The molecule has 1 N–H and O–H groups in total. The van der Waals surface area contributed by atoms with Gasteiger partial charge in [0.1, 0.15) is 12.4 Å². The summed E-state index contributed by atoms with van der Waals surface area (Å²) in [5.41, 5.74) is 1.10. The molecule has 1 aliphatic rings. The average Bonchev–Trinajstić information content (AvgIpc) is 2.40. The molecule has 112 valence electrons. The van der Waals surface area contributed by atoms with Gasteiger partial charge in [-0.25, -0.2) is 0 Å². The van der Waals surface area contributed by atoms with Crippen molar-refractivity contribution in [3.63, 3.8) is 0 Å². The highest BCUT2D eigenvalue weighted by atomic mass is 16.5. The van der Waals surface area contributed by atoms with Crippen LogP contribution < -0.4 is 10.1 Å². The van der Waals surface area contributed by atoms with Crippen LogP contribution in [-0.4, -0.2) is 38.6 Å². The molecule has 1 saturated heterocycles. The van der Waals surface area contributed by atoms with Crippen molar-refractivity contribution < 1.29 is 14.2 Å². The van der Waals surface area contributed by atoms with Crippen LogP contribution in [0, 0.1) is 0 Å². The van der Waals surface area contributed by atoms with E-state index in [9.17, 15) is 0 Å². The normalized spacial score (nSPS) is 21.4. The zero-order valence-corrected chi connectivity index (χ0v) is 12.6. The van der Waals surface area contributed by atoms with E-state index in [-0.39, 0.29) is 5.60 Å². The fraction of sp³-hybridized carbons (Fsp3) is 0.625. The van der Waals surface area contributed by atoms with E-state index >= 15 is 0 Å². The van der Waals surface area contributed by atoms with Crippen molar-refractivity contribution in [3.05, 3.63) is 24.3 Å². The van der Waals surface area contributed by atoms with Crippen molar-refractivity contribution in [2.75, 3.05) is 32.2 Å². The van der Waals surface area contributed by atoms with E-state index < -0.39 is 0 Å². The minimum absolute atomic E-state index is 0.0286. The van der Waals surface area contributed by atoms with Gasteiger partial charge in [0.2, 0.25) is 0 Å². The first-order valence-electron chi connectivity index (χ1n) is 7.21. The fourth-order valence-corrected chi connectivity index (χ4v) is 2.48. The molecule has 2 rings (SSSR count). The maximum Gasteiger partial charge on any atom is 0.119 e. The van der Waals surface area contributed by atoms with Gasteiger partial charge in [0.05, 0.1) is 12.2 Å². The van der Waals surface area contributed by atoms with Crippen molar-refractivity contribution in [1.82, 2.24) is 0 Å². The number of hydrogen-bond donors (Lipinski definition) is 1. The van der Waals surface area contributed by atoms with Crippen LogP contribution in [0.15, 0.2) is 24.3 Å². The lowest BCUT2D eigenvalue weighted by Crippen LogP contribution is -2.40. The highest BCUT2D eigenvalue weighted by molar-refractivity contribution is 5.47. The second-order valence-electron chi connectivity index (χ2n) is 5.81. The summed E-state index contributed by atoms with van der Waals surface area (Å²) < 4.78 is 16.2. The second kappa shape index (κ2) is 6.95. The van der Waals surface area contributed by atoms with Gasteiger partial charge in [-0.2, -0.15) is 0 Å². The lowest BCUT2D eigenvalue weighted by atomic mass is 9.94. The van der Waals surface area contributed by atoms with Crippen molar-refractivity contribution in [2.24, 2.45) is 0 Å². The van der Waals surface area contributed by atoms with E-state index in [0.717, 1.165) is 30.9 Å². The number of methoxy groups -OCH3 is 1. The molecule has 4 nitrogen and oxygen atoms in total. The Kier molecular flexibility index (Phi) is 5.26. The van der Waals surface area contributed by atoms with E-state index in [4.69, 9.17) is 14.2 Å². The molecule has 4 heteroatoms. The van der Waals surface area contributed by atoms with Gasteiger partial charge < -0.3 is 19.5 Å². The second-order valence-corrected chi connectivity index (χ2v) is 5.81. The zero-order chi connectivity index (χ0) is 14.4. The number of nitrogens with one attached hydrogen (secondary N) is 1. The third-order valence-corrected chi connectivity index (χ3v) is 3.48. The maximum atomic E-state index is 5.74. The molecule has 1 aromatic rings. The summed E-state index contributed by atoms with van der Waals surface area (Å²) in [4.78, 5) is 0. The Hall–Kier alpha value is -1.26. The Labute approximate surface area is 121 Å². The number of ether oxygens (including phenoxy) is 3. The zero-order valence-electron chi connectivity index (χ0n) is 12.6. The highest BCUT2D eigenvalue weighted by Gasteiger charge is 2.28. The number of hydrogen-bond acceptors (Lipinski definition) is 4. The minimum Gasteiger partial charge on any atom is -0.491 e. The Morgan fingerprint density at radius 3 is 2.65 bits per heavy atom. The predicted octanol–water partition coefficient (Wildman–Crippen LogP) is 3.08. The van der Waals surface area contributed by atoms with E-state index in [2.05, 4.69) is 31.3 Å². The van der Waals surface area contributed by atoms with Crippen LogP contribution in [0.25, 0.3) is 0 Å². The van der Waals surface area contributed by atoms with Gasteiger partial charge in [-0.1, -0.05) is 0 Å². The molecule has 0 bridgehead atoms. The molecule has 0 amide bonds. The van der Waals surface area contributed by atoms with Crippen LogP contribution in [0.1, 0.15) is 26.7 Å². The third kappa shape index (κ3) is 4.69. The first-order valence-corrected chi connectivity index (χ1v) is 7.21. The Balaban J connectivity index is 1.84. The smallest absolute Gasteiger partial charge is 0.119 e. The molecule has 1 atom stereocenters. The first kappa shape index (κ1) is 15.1. The summed E-state index contributed by atoms with van der Waals surface area (Å²) in [6.07, 6.45) is 2.08. The molecule has 1 aromatic carbocycles. The number of anilines is 1. The Morgan fingerprint density at radius 1 is 1.25 bits per heavy atom.